The molecule has 1 atom stereocenters. The molecule has 0 radical (unpaired) electrons. The molecule has 3 N–H and O–H groups in total. The lowest BCUT2D eigenvalue weighted by molar-refractivity contribution is -0.137. The highest BCUT2D eigenvalue weighted by atomic mass is 16.4. The monoisotopic (exact) mass is 276 g/mol. The molecule has 6 nitrogen and oxygen atoms in total. The van der Waals surface area contributed by atoms with Crippen molar-refractivity contribution in [2.24, 2.45) is 5.92 Å². The number of carboxylic acid groups (broad SMARTS) is 1. The zero-order valence-electron chi connectivity index (χ0n) is 10.9. The lowest BCUT2D eigenvalue weighted by Gasteiger charge is -2.09. The van der Waals surface area contributed by atoms with Gasteiger partial charge in [-0.2, -0.15) is 0 Å². The van der Waals surface area contributed by atoms with Gasteiger partial charge in [-0.05, 0) is 24.1 Å². The summed E-state index contributed by atoms with van der Waals surface area (Å²) in [4.78, 5) is 33.4. The third-order valence-electron chi connectivity index (χ3n) is 3.20. The van der Waals surface area contributed by atoms with Crippen molar-refractivity contribution >= 4 is 23.5 Å². The number of amides is 2. The van der Waals surface area contributed by atoms with E-state index < -0.39 is 5.97 Å². The molecule has 106 valence electrons. The van der Waals surface area contributed by atoms with Crippen LogP contribution in [0.4, 0.5) is 5.69 Å². The number of hydrogen-bond donors (Lipinski definition) is 3. The zero-order chi connectivity index (χ0) is 14.5. The van der Waals surface area contributed by atoms with Crippen LogP contribution in [-0.4, -0.2) is 29.4 Å². The summed E-state index contributed by atoms with van der Waals surface area (Å²) < 4.78 is 0. The number of hydrogen-bond acceptors (Lipinski definition) is 3. The first kappa shape index (κ1) is 14.0. The summed E-state index contributed by atoms with van der Waals surface area (Å²) in [6.07, 6.45) is 0.773. The SMILES string of the molecule is O=C(O)CCc1ccc(NC(=O)C2CNC(=O)C2)cc1. The second kappa shape index (κ2) is 6.18. The third-order valence-corrected chi connectivity index (χ3v) is 3.20. The van der Waals surface area contributed by atoms with Gasteiger partial charge >= 0.3 is 5.97 Å². The van der Waals surface area contributed by atoms with E-state index in [1.807, 2.05) is 0 Å². The van der Waals surface area contributed by atoms with Crippen molar-refractivity contribution in [1.82, 2.24) is 5.32 Å². The van der Waals surface area contributed by atoms with Crippen LogP contribution in [0.3, 0.4) is 0 Å². The minimum absolute atomic E-state index is 0.0849. The van der Waals surface area contributed by atoms with E-state index in [2.05, 4.69) is 10.6 Å². The number of anilines is 1. The summed E-state index contributed by atoms with van der Waals surface area (Å²) in [6.45, 7) is 0.376. The lowest BCUT2D eigenvalue weighted by atomic mass is 10.1. The average molecular weight is 276 g/mol. The molecule has 1 aromatic rings. The van der Waals surface area contributed by atoms with E-state index in [1.54, 1.807) is 24.3 Å². The first-order chi connectivity index (χ1) is 9.54. The zero-order valence-corrected chi connectivity index (χ0v) is 10.9. The number of benzene rings is 1. The Balaban J connectivity index is 1.88. The van der Waals surface area contributed by atoms with E-state index in [1.165, 1.54) is 0 Å². The van der Waals surface area contributed by atoms with E-state index in [4.69, 9.17) is 5.11 Å². The van der Waals surface area contributed by atoms with Gasteiger partial charge in [0.05, 0.1) is 5.92 Å². The molecule has 0 aliphatic carbocycles. The van der Waals surface area contributed by atoms with E-state index >= 15 is 0 Å². The van der Waals surface area contributed by atoms with Gasteiger partial charge < -0.3 is 15.7 Å². The standard InChI is InChI=1S/C14H16N2O4/c17-12-7-10(8-15-12)14(20)16-11-4-1-9(2-5-11)3-6-13(18)19/h1-2,4-5,10H,3,6-8H2,(H,15,17)(H,16,20)(H,18,19). The first-order valence-electron chi connectivity index (χ1n) is 6.43. The number of aliphatic carboxylic acids is 1. The molecule has 1 aliphatic heterocycles. The van der Waals surface area contributed by atoms with Gasteiger partial charge in [0.2, 0.25) is 11.8 Å². The maximum absolute atomic E-state index is 11.9. The van der Waals surface area contributed by atoms with Gasteiger partial charge in [0.25, 0.3) is 0 Å². The molecule has 2 amide bonds. The van der Waals surface area contributed by atoms with Crippen LogP contribution >= 0.6 is 0 Å². The van der Waals surface area contributed by atoms with E-state index in [-0.39, 0.29) is 30.6 Å². The summed E-state index contributed by atoms with van der Waals surface area (Å²) in [5.74, 6) is -1.44. The molecule has 2 rings (SSSR count). The number of carboxylic acids is 1. The van der Waals surface area contributed by atoms with Gasteiger partial charge in [0, 0.05) is 25.1 Å². The van der Waals surface area contributed by atoms with Crippen LogP contribution in [0, 0.1) is 5.92 Å². The molecule has 1 saturated heterocycles. The van der Waals surface area contributed by atoms with Crippen molar-refractivity contribution in [2.75, 3.05) is 11.9 Å². The van der Waals surface area contributed by atoms with Crippen molar-refractivity contribution in [3.63, 3.8) is 0 Å². The van der Waals surface area contributed by atoms with Gasteiger partial charge in [-0.3, -0.25) is 14.4 Å². The van der Waals surface area contributed by atoms with Crippen LogP contribution in [0.15, 0.2) is 24.3 Å². The van der Waals surface area contributed by atoms with E-state index in [0.717, 1.165) is 5.56 Å². The molecule has 0 aromatic heterocycles. The van der Waals surface area contributed by atoms with Crippen LogP contribution in [-0.2, 0) is 20.8 Å². The van der Waals surface area contributed by atoms with Crippen molar-refractivity contribution in [3.05, 3.63) is 29.8 Å². The molecule has 6 heteroatoms. The fourth-order valence-electron chi connectivity index (χ4n) is 2.04. The molecular formula is C14H16N2O4. The molecule has 0 saturated carbocycles. The Labute approximate surface area is 116 Å². The Morgan fingerprint density at radius 3 is 2.55 bits per heavy atom. The summed E-state index contributed by atoms with van der Waals surface area (Å²) in [6, 6.07) is 7.05. The Kier molecular flexibility index (Phi) is 4.34. The predicted octanol–water partition coefficient (Wildman–Crippen LogP) is 0.778. The summed E-state index contributed by atoms with van der Waals surface area (Å²) >= 11 is 0. The summed E-state index contributed by atoms with van der Waals surface area (Å²) in [5, 5.41) is 14.0. The Morgan fingerprint density at radius 1 is 1.30 bits per heavy atom. The highest BCUT2D eigenvalue weighted by Crippen LogP contribution is 2.15. The van der Waals surface area contributed by atoms with Gasteiger partial charge in [-0.1, -0.05) is 12.1 Å². The van der Waals surface area contributed by atoms with Gasteiger partial charge in [0.1, 0.15) is 0 Å². The fraction of sp³-hybridized carbons (Fsp3) is 0.357. The van der Waals surface area contributed by atoms with Crippen molar-refractivity contribution in [3.8, 4) is 0 Å². The molecule has 1 unspecified atom stereocenters. The number of nitrogens with one attached hydrogen (secondary N) is 2. The van der Waals surface area contributed by atoms with Crippen LogP contribution in [0.5, 0.6) is 0 Å². The maximum Gasteiger partial charge on any atom is 0.303 e. The molecule has 1 aromatic carbocycles. The normalized spacial score (nSPS) is 17.6. The number of carbonyl (C=O) groups excluding carboxylic acids is 2. The average Bonchev–Trinajstić information content (AvgIpc) is 2.85. The second-order valence-corrected chi connectivity index (χ2v) is 4.79. The molecule has 0 spiro atoms. The molecule has 1 fully saturated rings. The number of aryl methyl sites for hydroxylation is 1. The third kappa shape index (κ3) is 3.81. The van der Waals surface area contributed by atoms with Crippen molar-refractivity contribution in [1.29, 1.82) is 0 Å². The minimum atomic E-state index is -0.833. The van der Waals surface area contributed by atoms with Gasteiger partial charge in [-0.15, -0.1) is 0 Å². The van der Waals surface area contributed by atoms with E-state index in [0.29, 0.717) is 18.7 Å². The van der Waals surface area contributed by atoms with E-state index in [9.17, 15) is 14.4 Å². The second-order valence-electron chi connectivity index (χ2n) is 4.79. The van der Waals surface area contributed by atoms with Crippen molar-refractivity contribution < 1.29 is 19.5 Å². The van der Waals surface area contributed by atoms with Crippen LogP contribution in [0.2, 0.25) is 0 Å². The largest absolute Gasteiger partial charge is 0.481 e. The van der Waals surface area contributed by atoms with Gasteiger partial charge in [-0.25, -0.2) is 0 Å². The number of carbonyl (C=O) groups is 3. The van der Waals surface area contributed by atoms with Gasteiger partial charge in [0.15, 0.2) is 0 Å². The van der Waals surface area contributed by atoms with Crippen LogP contribution in [0.25, 0.3) is 0 Å². The molecular weight excluding hydrogens is 260 g/mol. The molecule has 1 aliphatic rings. The summed E-state index contributed by atoms with van der Waals surface area (Å²) in [5.41, 5.74) is 1.55. The van der Waals surface area contributed by atoms with Crippen LogP contribution in [0.1, 0.15) is 18.4 Å². The topological polar surface area (TPSA) is 95.5 Å². The molecule has 0 bridgehead atoms. The predicted molar refractivity (Wildman–Crippen MR) is 72.1 cm³/mol. The maximum atomic E-state index is 11.9. The highest BCUT2D eigenvalue weighted by Gasteiger charge is 2.27. The van der Waals surface area contributed by atoms with Crippen LogP contribution < -0.4 is 10.6 Å². The smallest absolute Gasteiger partial charge is 0.303 e. The van der Waals surface area contributed by atoms with Crippen molar-refractivity contribution in [2.45, 2.75) is 19.3 Å². The Bertz CT molecular complexity index is 524. The summed E-state index contributed by atoms with van der Waals surface area (Å²) in [7, 11) is 0. The highest BCUT2D eigenvalue weighted by molar-refractivity contribution is 5.97. The molecule has 20 heavy (non-hydrogen) atoms. The Hall–Kier alpha value is -2.37. The Morgan fingerprint density at radius 2 is 2.00 bits per heavy atom. The minimum Gasteiger partial charge on any atom is -0.481 e. The fourth-order valence-corrected chi connectivity index (χ4v) is 2.04. The first-order valence-corrected chi connectivity index (χ1v) is 6.43. The number of rotatable bonds is 5. The lowest BCUT2D eigenvalue weighted by Crippen LogP contribution is -2.24. The quantitative estimate of drug-likeness (QED) is 0.740. The molecule has 1 heterocycles.